The molecule has 0 saturated carbocycles. The van der Waals surface area contributed by atoms with E-state index in [2.05, 4.69) is 10.3 Å². The van der Waals surface area contributed by atoms with E-state index in [-0.39, 0.29) is 11.6 Å². The minimum Gasteiger partial charge on any atom is -0.332 e. The Hall–Kier alpha value is -3.21. The number of anilines is 1. The number of rotatable bonds is 3. The minimum absolute atomic E-state index is 0.176. The van der Waals surface area contributed by atoms with Crippen molar-refractivity contribution in [3.05, 3.63) is 69.2 Å². The number of imidazole rings is 1. The third-order valence-electron chi connectivity index (χ3n) is 5.00. The summed E-state index contributed by atoms with van der Waals surface area (Å²) in [7, 11) is 1.72. The lowest BCUT2D eigenvalue weighted by molar-refractivity contribution is -0.137. The van der Waals surface area contributed by atoms with E-state index in [1.54, 1.807) is 21.9 Å². The van der Waals surface area contributed by atoms with E-state index >= 15 is 0 Å². The van der Waals surface area contributed by atoms with Gasteiger partial charge in [0.1, 0.15) is 11.5 Å². The fourth-order valence-electron chi connectivity index (χ4n) is 3.44. The molecular weight excluding hydrogens is 436 g/mol. The molecule has 2 amide bonds. The van der Waals surface area contributed by atoms with Crippen LogP contribution in [0.1, 0.15) is 36.9 Å². The predicted octanol–water partition coefficient (Wildman–Crippen LogP) is 4.09. The lowest BCUT2D eigenvalue weighted by Crippen LogP contribution is -2.36. The molecule has 6 nitrogen and oxygen atoms in total. The Bertz CT molecular complexity index is 1170. The number of fused-ring (bicyclic) bond motifs is 1. The summed E-state index contributed by atoms with van der Waals surface area (Å²) in [6.45, 7) is 0.696. The maximum absolute atomic E-state index is 13.6. The van der Waals surface area contributed by atoms with Crippen LogP contribution in [0.5, 0.6) is 0 Å². The van der Waals surface area contributed by atoms with Crippen molar-refractivity contribution in [3.8, 4) is 0 Å². The molecule has 0 radical (unpaired) electrons. The van der Waals surface area contributed by atoms with Crippen LogP contribution in [0.15, 0.2) is 36.1 Å². The lowest BCUT2D eigenvalue weighted by Gasteiger charge is -2.27. The number of thiophene rings is 1. The number of halogens is 4. The number of hydrogen-bond acceptors (Lipinski definition) is 4. The number of carbonyl (C=O) groups is 2. The number of aryl methyl sites for hydroxylation is 1. The van der Waals surface area contributed by atoms with Crippen molar-refractivity contribution in [2.45, 2.75) is 19.1 Å². The van der Waals surface area contributed by atoms with Gasteiger partial charge in [0.2, 0.25) is 0 Å². The molecule has 1 aliphatic rings. The monoisotopic (exact) mass is 452 g/mol. The van der Waals surface area contributed by atoms with Gasteiger partial charge in [0.15, 0.2) is 0 Å². The standard InChI is InChI=1S/C20H16F4N4O2S/c1-27-10-25-7-16(27)19(30)28-3-2-14-15(9-31-17(14)8-28)18(29)26-13-5-11(20(22,23)24)4-12(21)6-13/h4-7,9-10H,2-3,8H2,1H3,(H,26,29). The van der Waals surface area contributed by atoms with Crippen LogP contribution in [0.25, 0.3) is 0 Å². The van der Waals surface area contributed by atoms with Gasteiger partial charge in [-0.1, -0.05) is 0 Å². The molecule has 11 heteroatoms. The highest BCUT2D eigenvalue weighted by Gasteiger charge is 2.32. The molecule has 31 heavy (non-hydrogen) atoms. The summed E-state index contributed by atoms with van der Waals surface area (Å²) in [6, 6.07) is 1.89. The van der Waals surface area contributed by atoms with Gasteiger partial charge in [0.25, 0.3) is 11.8 Å². The van der Waals surface area contributed by atoms with Crippen molar-refractivity contribution < 1.29 is 27.2 Å². The summed E-state index contributed by atoms with van der Waals surface area (Å²) in [5.74, 6) is -1.89. The molecule has 0 fully saturated rings. The van der Waals surface area contributed by atoms with E-state index in [9.17, 15) is 27.2 Å². The minimum atomic E-state index is -4.73. The molecule has 0 spiro atoms. The maximum atomic E-state index is 13.6. The molecule has 0 atom stereocenters. The van der Waals surface area contributed by atoms with Crippen LogP contribution in [-0.4, -0.2) is 32.8 Å². The van der Waals surface area contributed by atoms with Crippen molar-refractivity contribution in [2.24, 2.45) is 7.05 Å². The molecule has 4 rings (SSSR count). The second-order valence-electron chi connectivity index (χ2n) is 7.10. The predicted molar refractivity (Wildman–Crippen MR) is 105 cm³/mol. The highest BCUT2D eigenvalue weighted by atomic mass is 32.1. The molecule has 0 unspecified atom stereocenters. The number of benzene rings is 1. The number of aromatic nitrogens is 2. The van der Waals surface area contributed by atoms with E-state index < -0.39 is 23.5 Å². The molecule has 162 valence electrons. The molecule has 0 aliphatic carbocycles. The topological polar surface area (TPSA) is 67.2 Å². The Labute approximate surface area is 178 Å². The van der Waals surface area contributed by atoms with Gasteiger partial charge < -0.3 is 14.8 Å². The summed E-state index contributed by atoms with van der Waals surface area (Å²) in [4.78, 5) is 31.8. The van der Waals surface area contributed by atoms with E-state index in [0.29, 0.717) is 42.9 Å². The van der Waals surface area contributed by atoms with E-state index in [1.807, 2.05) is 0 Å². The molecule has 1 N–H and O–H groups in total. The number of hydrogen-bond donors (Lipinski definition) is 1. The number of nitrogens with zero attached hydrogens (tertiary/aromatic N) is 3. The number of carbonyl (C=O) groups excluding carboxylic acids is 2. The van der Waals surface area contributed by atoms with E-state index in [0.717, 1.165) is 16.5 Å². The molecule has 3 aromatic rings. The summed E-state index contributed by atoms with van der Waals surface area (Å²) < 4.78 is 53.9. The van der Waals surface area contributed by atoms with Crippen molar-refractivity contribution in [3.63, 3.8) is 0 Å². The summed E-state index contributed by atoms with van der Waals surface area (Å²) >= 11 is 1.29. The first kappa shape index (κ1) is 21.0. The molecular formula is C20H16F4N4O2S. The Kier molecular flexibility index (Phi) is 5.29. The van der Waals surface area contributed by atoms with Crippen LogP contribution < -0.4 is 5.32 Å². The summed E-state index contributed by atoms with van der Waals surface area (Å²) in [5, 5.41) is 3.95. The van der Waals surface area contributed by atoms with Crippen LogP contribution in [-0.2, 0) is 26.2 Å². The van der Waals surface area contributed by atoms with Crippen molar-refractivity contribution in [1.29, 1.82) is 0 Å². The SMILES string of the molecule is Cn1cncc1C(=O)N1CCc2c(C(=O)Nc3cc(F)cc(C(F)(F)F)c3)csc2C1. The van der Waals surface area contributed by atoms with Gasteiger partial charge in [0.05, 0.1) is 30.2 Å². The molecule has 1 aromatic carbocycles. The fourth-order valence-corrected chi connectivity index (χ4v) is 4.54. The highest BCUT2D eigenvalue weighted by molar-refractivity contribution is 7.10. The van der Waals surface area contributed by atoms with Crippen LogP contribution in [0.2, 0.25) is 0 Å². The Balaban J connectivity index is 1.52. The average Bonchev–Trinajstić information content (AvgIpc) is 3.31. The first-order chi connectivity index (χ1) is 14.6. The molecule has 0 bridgehead atoms. The number of alkyl halides is 3. The van der Waals surface area contributed by atoms with Crippen LogP contribution >= 0.6 is 11.3 Å². The zero-order valence-corrected chi connectivity index (χ0v) is 17.0. The Morgan fingerprint density at radius 3 is 2.68 bits per heavy atom. The maximum Gasteiger partial charge on any atom is 0.416 e. The van der Waals surface area contributed by atoms with E-state index in [4.69, 9.17) is 0 Å². The van der Waals surface area contributed by atoms with Crippen molar-refractivity contribution in [2.75, 3.05) is 11.9 Å². The largest absolute Gasteiger partial charge is 0.416 e. The molecule has 3 heterocycles. The van der Waals surface area contributed by atoms with Gasteiger partial charge in [-0.3, -0.25) is 9.59 Å². The zero-order valence-electron chi connectivity index (χ0n) is 16.2. The Morgan fingerprint density at radius 2 is 2.00 bits per heavy atom. The zero-order chi connectivity index (χ0) is 22.3. The summed E-state index contributed by atoms with van der Waals surface area (Å²) in [5.41, 5.74) is 0.0413. The van der Waals surface area contributed by atoms with E-state index in [1.165, 1.54) is 23.9 Å². The normalized spacial score (nSPS) is 13.8. The molecule has 1 aliphatic heterocycles. The smallest absolute Gasteiger partial charge is 0.332 e. The average molecular weight is 452 g/mol. The second kappa shape index (κ2) is 7.80. The first-order valence-corrected chi connectivity index (χ1v) is 10.1. The van der Waals surface area contributed by atoms with Crippen LogP contribution in [0.3, 0.4) is 0 Å². The van der Waals surface area contributed by atoms with Crippen LogP contribution in [0, 0.1) is 5.82 Å². The van der Waals surface area contributed by atoms with Crippen molar-refractivity contribution >= 4 is 28.8 Å². The fraction of sp³-hybridized carbons (Fsp3) is 0.250. The third-order valence-corrected chi connectivity index (χ3v) is 6.01. The van der Waals surface area contributed by atoms with Gasteiger partial charge in [-0.15, -0.1) is 11.3 Å². The number of nitrogens with one attached hydrogen (secondary N) is 1. The highest BCUT2D eigenvalue weighted by Crippen LogP contribution is 2.33. The Morgan fingerprint density at radius 1 is 1.23 bits per heavy atom. The quantitative estimate of drug-likeness (QED) is 0.609. The van der Waals surface area contributed by atoms with Gasteiger partial charge in [0, 0.05) is 29.5 Å². The van der Waals surface area contributed by atoms with Crippen LogP contribution in [0.4, 0.5) is 23.2 Å². The van der Waals surface area contributed by atoms with Crippen molar-refractivity contribution in [1.82, 2.24) is 14.5 Å². The van der Waals surface area contributed by atoms with Gasteiger partial charge in [-0.05, 0) is 30.2 Å². The first-order valence-electron chi connectivity index (χ1n) is 9.17. The lowest BCUT2D eigenvalue weighted by atomic mass is 10.0. The third kappa shape index (κ3) is 4.18. The second-order valence-corrected chi connectivity index (χ2v) is 8.06. The van der Waals surface area contributed by atoms with Gasteiger partial charge in [-0.25, -0.2) is 9.37 Å². The number of amides is 2. The molecule has 0 saturated heterocycles. The summed E-state index contributed by atoms with van der Waals surface area (Å²) in [6.07, 6.45) is -1.29. The van der Waals surface area contributed by atoms with Gasteiger partial charge in [-0.2, -0.15) is 13.2 Å². The molecule has 2 aromatic heterocycles. The van der Waals surface area contributed by atoms with Gasteiger partial charge >= 0.3 is 6.18 Å².